The van der Waals surface area contributed by atoms with Gasteiger partial charge >= 0.3 is 0 Å². The first kappa shape index (κ1) is 42.2. The van der Waals surface area contributed by atoms with Crippen LogP contribution in [-0.2, 0) is 5.41 Å². The van der Waals surface area contributed by atoms with Crippen LogP contribution in [0.1, 0.15) is 53.4 Å². The number of fused-ring (bicyclic) bond motifs is 10. The van der Waals surface area contributed by atoms with E-state index in [2.05, 4.69) is 261 Å². The van der Waals surface area contributed by atoms with E-state index in [0.717, 1.165) is 94.9 Å². The number of rotatable bonds is 5. The summed E-state index contributed by atoms with van der Waals surface area (Å²) < 4.78 is 4.82. The van der Waals surface area contributed by atoms with Crippen molar-refractivity contribution in [3.05, 3.63) is 240 Å². The number of para-hydroxylation sites is 5. The number of carbonyl (C=O) groups is 1. The van der Waals surface area contributed by atoms with Crippen molar-refractivity contribution in [3.63, 3.8) is 0 Å². The molecule has 0 aliphatic carbocycles. The van der Waals surface area contributed by atoms with Crippen LogP contribution in [0.3, 0.4) is 0 Å². The number of hydrogen-bond acceptors (Lipinski definition) is 2. The highest BCUT2D eigenvalue weighted by Crippen LogP contribution is 2.48. The molecule has 0 N–H and O–H groups in total. The Hall–Kier alpha value is -8.67. The Labute approximate surface area is 420 Å². The highest BCUT2D eigenvalue weighted by molar-refractivity contribution is 7.00. The zero-order valence-electron chi connectivity index (χ0n) is 41.0. The lowest BCUT2D eigenvalue weighted by Crippen LogP contribution is -2.63. The maximum absolute atomic E-state index is 16.0. The normalized spacial score (nSPS) is 13.0. The molecule has 12 aromatic rings. The van der Waals surface area contributed by atoms with Crippen LogP contribution in [0.5, 0.6) is 0 Å². The smallest absolute Gasteiger partial charge is 0.248 e. The van der Waals surface area contributed by atoms with Crippen molar-refractivity contribution in [2.45, 2.75) is 40.0 Å². The molecule has 2 aliphatic rings. The molecule has 0 spiro atoms. The molecule has 0 radical (unpaired) electrons. The number of ketones is 1. The van der Waals surface area contributed by atoms with E-state index in [1.54, 1.807) is 0 Å². The molecule has 0 atom stereocenters. The molecule has 0 unspecified atom stereocenters. The first-order chi connectivity index (χ1) is 35.2. The minimum Gasteiger partial charge on any atom is -0.311 e. The van der Waals surface area contributed by atoms with Gasteiger partial charge < -0.3 is 14.0 Å². The molecule has 0 fully saturated rings. The van der Waals surface area contributed by atoms with Crippen LogP contribution in [0.15, 0.2) is 212 Å². The average Bonchev–Trinajstić information content (AvgIpc) is 3.93. The topological polar surface area (TPSA) is 30.2 Å². The minimum absolute atomic E-state index is 0.0783. The molecular formula is C67H50BN3O. The lowest BCUT2D eigenvalue weighted by Gasteiger charge is -2.43. The number of anilines is 3. The van der Waals surface area contributed by atoms with Gasteiger partial charge in [0, 0.05) is 55.3 Å². The van der Waals surface area contributed by atoms with E-state index in [1.807, 2.05) is 0 Å². The van der Waals surface area contributed by atoms with Crippen molar-refractivity contribution in [2.75, 3.05) is 4.90 Å². The lowest BCUT2D eigenvalue weighted by atomic mass is 9.31. The van der Waals surface area contributed by atoms with Crippen LogP contribution in [0, 0.1) is 13.8 Å². The molecule has 14 rings (SSSR count). The van der Waals surface area contributed by atoms with E-state index in [1.165, 1.54) is 43.6 Å². The fourth-order valence-electron chi connectivity index (χ4n) is 12.5. The van der Waals surface area contributed by atoms with Gasteiger partial charge in [-0.15, -0.1) is 0 Å². The number of nitrogens with zero attached hydrogens (tertiary/aromatic N) is 3. The van der Waals surface area contributed by atoms with E-state index in [0.29, 0.717) is 0 Å². The summed E-state index contributed by atoms with van der Waals surface area (Å²) in [5.74, 6) is 0.0783. The summed E-state index contributed by atoms with van der Waals surface area (Å²) in [4.78, 5) is 18.5. The second-order valence-corrected chi connectivity index (χ2v) is 20.8. The molecule has 4 heterocycles. The molecule has 5 heteroatoms. The molecule has 10 aromatic carbocycles. The average molecular weight is 924 g/mol. The van der Waals surface area contributed by atoms with Gasteiger partial charge in [0.05, 0.1) is 33.4 Å². The van der Waals surface area contributed by atoms with Crippen LogP contribution in [-0.4, -0.2) is 21.6 Å². The summed E-state index contributed by atoms with van der Waals surface area (Å²) in [7, 11) is 0. The van der Waals surface area contributed by atoms with Gasteiger partial charge in [-0.1, -0.05) is 178 Å². The second kappa shape index (κ2) is 15.7. The quantitative estimate of drug-likeness (QED) is 0.161. The minimum atomic E-state index is -0.267. The predicted octanol–water partition coefficient (Wildman–Crippen LogP) is 15.0. The molecule has 2 aliphatic heterocycles. The fourth-order valence-corrected chi connectivity index (χ4v) is 12.5. The van der Waals surface area contributed by atoms with Crippen LogP contribution >= 0.6 is 0 Å². The number of hydrogen-bond donors (Lipinski definition) is 0. The largest absolute Gasteiger partial charge is 0.311 e. The summed E-state index contributed by atoms with van der Waals surface area (Å²) in [5.41, 5.74) is 22.5. The zero-order chi connectivity index (χ0) is 48.6. The highest BCUT2D eigenvalue weighted by Gasteiger charge is 2.46. The molecule has 72 heavy (non-hydrogen) atoms. The SMILES string of the molecule is Cc1c(-n2c3ccccc3c3ccccc32)ccc2c1C(=O)c1cc(C(C)(C)C)cc3c1B2c1ccc(-n2c4ccccc4c4ccccc42)c(C)c1N3c1ccccc1-c1cccc(-c2ccccc2)c1. The van der Waals surface area contributed by atoms with Crippen molar-refractivity contribution >= 4 is 89.6 Å². The molecule has 342 valence electrons. The molecule has 0 amide bonds. The molecule has 0 saturated heterocycles. The first-order valence-electron chi connectivity index (χ1n) is 25.2. The van der Waals surface area contributed by atoms with Crippen molar-refractivity contribution in [2.24, 2.45) is 0 Å². The Morgan fingerprint density at radius 2 is 0.903 bits per heavy atom. The highest BCUT2D eigenvalue weighted by atomic mass is 16.1. The van der Waals surface area contributed by atoms with E-state index >= 15 is 4.79 Å². The summed E-state index contributed by atoms with van der Waals surface area (Å²) in [6.07, 6.45) is 0. The maximum Gasteiger partial charge on any atom is 0.248 e. The summed E-state index contributed by atoms with van der Waals surface area (Å²) in [6, 6.07) is 77.1. The number of benzene rings is 10. The molecular weight excluding hydrogens is 874 g/mol. The van der Waals surface area contributed by atoms with E-state index in [-0.39, 0.29) is 17.9 Å². The van der Waals surface area contributed by atoms with Gasteiger partial charge in [0.1, 0.15) is 0 Å². The van der Waals surface area contributed by atoms with Crippen molar-refractivity contribution in [1.82, 2.24) is 9.13 Å². The Morgan fingerprint density at radius 1 is 0.403 bits per heavy atom. The van der Waals surface area contributed by atoms with Crippen LogP contribution in [0.25, 0.3) is 77.2 Å². The van der Waals surface area contributed by atoms with Crippen molar-refractivity contribution < 1.29 is 4.79 Å². The zero-order valence-corrected chi connectivity index (χ0v) is 41.0. The third kappa shape index (κ3) is 6.04. The predicted molar refractivity (Wildman–Crippen MR) is 303 cm³/mol. The second-order valence-electron chi connectivity index (χ2n) is 20.8. The van der Waals surface area contributed by atoms with Crippen LogP contribution in [0.2, 0.25) is 0 Å². The van der Waals surface area contributed by atoms with Gasteiger partial charge in [-0.05, 0) is 124 Å². The van der Waals surface area contributed by atoms with Crippen molar-refractivity contribution in [3.8, 4) is 33.6 Å². The lowest BCUT2D eigenvalue weighted by molar-refractivity contribution is 0.103. The molecule has 0 saturated carbocycles. The van der Waals surface area contributed by atoms with Crippen LogP contribution in [0.4, 0.5) is 17.1 Å². The van der Waals surface area contributed by atoms with Gasteiger partial charge in [0.25, 0.3) is 0 Å². The Balaban J connectivity index is 1.08. The number of aromatic nitrogens is 2. The van der Waals surface area contributed by atoms with E-state index in [9.17, 15) is 0 Å². The molecule has 2 aromatic heterocycles. The van der Waals surface area contributed by atoms with Gasteiger partial charge in [-0.3, -0.25) is 4.79 Å². The Bertz CT molecular complexity index is 4160. The van der Waals surface area contributed by atoms with Crippen LogP contribution < -0.4 is 21.3 Å². The summed E-state index contributed by atoms with van der Waals surface area (Å²) >= 11 is 0. The standard InChI is InChI=1S/C67H50BN3O/c1-41-55(69-58-30-15-10-25-48(58)49-26-11-16-31-59(49)69)36-34-53-63(41)66(72)52-39-46(67(3,4)5)40-62-64(52)68(53)54-35-37-56(70-60-32-17-12-27-50(60)51-28-13-18-33-61(51)70)42(2)65(54)71(62)57-29-14-9-24-47(57)45-23-19-22-44(38-45)43-20-7-6-8-21-43/h6-40H,1-5H3. The van der Waals surface area contributed by atoms with Gasteiger partial charge in [0.2, 0.25) is 6.71 Å². The Kier molecular flexibility index (Phi) is 9.19. The summed E-state index contributed by atoms with van der Waals surface area (Å²) in [6.45, 7) is 11.1. The fraction of sp³-hybridized carbons (Fsp3) is 0.0896. The van der Waals surface area contributed by atoms with Gasteiger partial charge in [-0.25, -0.2) is 0 Å². The third-order valence-corrected chi connectivity index (χ3v) is 15.8. The first-order valence-corrected chi connectivity index (χ1v) is 25.2. The van der Waals surface area contributed by atoms with Gasteiger partial charge in [-0.2, -0.15) is 0 Å². The summed E-state index contributed by atoms with van der Waals surface area (Å²) in [5, 5.41) is 4.85. The van der Waals surface area contributed by atoms with E-state index < -0.39 is 0 Å². The third-order valence-electron chi connectivity index (χ3n) is 15.8. The molecule has 0 bridgehead atoms. The van der Waals surface area contributed by atoms with Gasteiger partial charge in [0.15, 0.2) is 5.78 Å². The number of carbonyl (C=O) groups excluding carboxylic acids is 1. The van der Waals surface area contributed by atoms with Crippen molar-refractivity contribution in [1.29, 1.82) is 0 Å². The monoisotopic (exact) mass is 923 g/mol. The van der Waals surface area contributed by atoms with E-state index in [4.69, 9.17) is 0 Å². The Morgan fingerprint density at radius 3 is 1.50 bits per heavy atom. The maximum atomic E-state index is 16.0. The molecule has 4 nitrogen and oxygen atoms in total.